The number of fused-ring (bicyclic) bond motifs is 1. The van der Waals surface area contributed by atoms with E-state index < -0.39 is 23.2 Å². The number of nitrogens with zero attached hydrogens (tertiary/aromatic N) is 5. The molecule has 2 aromatic rings. The number of ether oxygens (including phenoxy) is 3. The van der Waals surface area contributed by atoms with Crippen LogP contribution >= 0.6 is 0 Å². The largest absolute Gasteiger partial charge is 0.486 e. The number of amides is 2. The van der Waals surface area contributed by atoms with Gasteiger partial charge in [-0.1, -0.05) is 13.3 Å². The van der Waals surface area contributed by atoms with E-state index >= 15 is 0 Å². The van der Waals surface area contributed by atoms with Crippen molar-refractivity contribution in [2.75, 3.05) is 56.2 Å². The summed E-state index contributed by atoms with van der Waals surface area (Å²) in [6.45, 7) is 9.36. The van der Waals surface area contributed by atoms with Crippen LogP contribution < -0.4 is 20.1 Å². The Hall–Kier alpha value is -3.83. The van der Waals surface area contributed by atoms with Gasteiger partial charge in [0, 0.05) is 32.4 Å². The van der Waals surface area contributed by atoms with Gasteiger partial charge in [0.2, 0.25) is 11.7 Å². The molecule has 0 aliphatic carbocycles. The van der Waals surface area contributed by atoms with Crippen LogP contribution in [0.2, 0.25) is 0 Å². The van der Waals surface area contributed by atoms with Crippen LogP contribution in [0.5, 0.6) is 5.75 Å². The number of carbonyl (C=O) groups excluding carboxylic acids is 3. The lowest BCUT2D eigenvalue weighted by atomic mass is 10.1. The van der Waals surface area contributed by atoms with Gasteiger partial charge in [0.05, 0.1) is 25.1 Å². The topological polar surface area (TPSA) is 123 Å². The maximum absolute atomic E-state index is 13.8. The van der Waals surface area contributed by atoms with Crippen molar-refractivity contribution in [2.45, 2.75) is 65.4 Å². The van der Waals surface area contributed by atoms with E-state index in [0.717, 1.165) is 44.5 Å². The molecule has 218 valence electrons. The first-order valence-corrected chi connectivity index (χ1v) is 13.9. The predicted molar refractivity (Wildman–Crippen MR) is 149 cm³/mol. The van der Waals surface area contributed by atoms with Crippen LogP contribution in [-0.2, 0) is 14.3 Å². The van der Waals surface area contributed by atoms with Crippen molar-refractivity contribution in [1.29, 1.82) is 0 Å². The summed E-state index contributed by atoms with van der Waals surface area (Å²) in [7, 11) is 1.21. The molecule has 12 heteroatoms. The average molecular weight is 558 g/mol. The fraction of sp³-hybridized carbons (Fsp3) is 0.607. The molecule has 12 nitrogen and oxygen atoms in total. The molecule has 40 heavy (non-hydrogen) atoms. The molecular formula is C28H39N5O7. The molecule has 4 rings (SSSR count). The number of pyridine rings is 1. The average Bonchev–Trinajstić information content (AvgIpc) is 2.93. The van der Waals surface area contributed by atoms with Crippen molar-refractivity contribution in [2.24, 2.45) is 0 Å². The summed E-state index contributed by atoms with van der Waals surface area (Å²) in [6, 6.07) is 1.83. The molecule has 2 amide bonds. The van der Waals surface area contributed by atoms with Crippen molar-refractivity contribution in [3.05, 3.63) is 28.3 Å². The van der Waals surface area contributed by atoms with E-state index in [9.17, 15) is 19.2 Å². The highest BCUT2D eigenvalue weighted by atomic mass is 16.6. The van der Waals surface area contributed by atoms with E-state index in [1.54, 1.807) is 27.0 Å². The maximum Gasteiger partial charge on any atom is 0.410 e. The zero-order chi connectivity index (χ0) is 29.0. The van der Waals surface area contributed by atoms with Gasteiger partial charge in [-0.05, 0) is 52.5 Å². The summed E-state index contributed by atoms with van der Waals surface area (Å²) in [5, 5.41) is 0. The Morgan fingerprint density at radius 2 is 1.77 bits per heavy atom. The molecule has 0 unspecified atom stereocenters. The van der Waals surface area contributed by atoms with E-state index in [1.807, 2.05) is 13.0 Å². The smallest absolute Gasteiger partial charge is 0.410 e. The minimum atomic E-state index is -0.807. The molecule has 2 aromatic heterocycles. The molecule has 0 bridgehead atoms. The van der Waals surface area contributed by atoms with Gasteiger partial charge in [0.1, 0.15) is 12.1 Å². The molecule has 0 N–H and O–H groups in total. The number of piperidine rings is 1. The van der Waals surface area contributed by atoms with Gasteiger partial charge >= 0.3 is 17.6 Å². The molecule has 2 fully saturated rings. The quantitative estimate of drug-likeness (QED) is 0.373. The van der Waals surface area contributed by atoms with E-state index in [4.69, 9.17) is 14.2 Å². The second kappa shape index (κ2) is 12.1. The number of rotatable bonds is 7. The third-order valence-electron chi connectivity index (χ3n) is 6.86. The van der Waals surface area contributed by atoms with Crippen LogP contribution in [0.25, 0.3) is 5.65 Å². The van der Waals surface area contributed by atoms with Gasteiger partial charge in [-0.3, -0.25) is 18.9 Å². The molecule has 2 aliphatic rings. The first-order valence-electron chi connectivity index (χ1n) is 13.9. The van der Waals surface area contributed by atoms with Crippen LogP contribution in [0.1, 0.15) is 70.3 Å². The monoisotopic (exact) mass is 557 g/mol. The lowest BCUT2D eigenvalue weighted by Crippen LogP contribution is -2.53. The van der Waals surface area contributed by atoms with Gasteiger partial charge in [-0.25, -0.2) is 14.6 Å². The fourth-order valence-electron chi connectivity index (χ4n) is 4.81. The lowest BCUT2D eigenvalue weighted by molar-refractivity contribution is -0.121. The number of hydrogen-bond donors (Lipinski definition) is 0. The number of methoxy groups -OCH3 is 1. The Kier molecular flexibility index (Phi) is 8.85. The fourth-order valence-corrected chi connectivity index (χ4v) is 4.81. The van der Waals surface area contributed by atoms with Crippen LogP contribution in [0, 0.1) is 0 Å². The highest BCUT2D eigenvalue weighted by Crippen LogP contribution is 2.31. The van der Waals surface area contributed by atoms with E-state index in [1.165, 1.54) is 21.3 Å². The van der Waals surface area contributed by atoms with Crippen LogP contribution in [0.15, 0.2) is 17.1 Å². The summed E-state index contributed by atoms with van der Waals surface area (Å²) >= 11 is 0. The van der Waals surface area contributed by atoms with Gasteiger partial charge in [-0.15, -0.1) is 0 Å². The summed E-state index contributed by atoms with van der Waals surface area (Å²) in [5.74, 6) is -1.34. The Labute approximate surface area is 233 Å². The predicted octanol–water partition coefficient (Wildman–Crippen LogP) is 3.23. The summed E-state index contributed by atoms with van der Waals surface area (Å²) in [5.41, 5.74) is -0.217. The molecule has 0 aromatic carbocycles. The van der Waals surface area contributed by atoms with Crippen molar-refractivity contribution >= 4 is 35.0 Å². The molecule has 2 saturated heterocycles. The highest BCUT2D eigenvalue weighted by Gasteiger charge is 2.33. The Bertz CT molecular complexity index is 1330. The number of anilines is 2. The zero-order valence-corrected chi connectivity index (χ0v) is 24.0. The third-order valence-corrected chi connectivity index (χ3v) is 6.86. The third kappa shape index (κ3) is 6.31. The first kappa shape index (κ1) is 29.2. The lowest BCUT2D eigenvalue weighted by Gasteiger charge is -2.36. The van der Waals surface area contributed by atoms with Crippen molar-refractivity contribution < 1.29 is 28.6 Å². The molecule has 4 heterocycles. The zero-order valence-electron chi connectivity index (χ0n) is 24.0. The second-order valence-electron chi connectivity index (χ2n) is 11.1. The van der Waals surface area contributed by atoms with Gasteiger partial charge in [0.25, 0.3) is 0 Å². The van der Waals surface area contributed by atoms with Crippen molar-refractivity contribution in [3.8, 4) is 5.75 Å². The van der Waals surface area contributed by atoms with Crippen LogP contribution in [-0.4, -0.2) is 84.3 Å². The van der Waals surface area contributed by atoms with Crippen LogP contribution in [0.3, 0.4) is 0 Å². The number of carbonyl (C=O) groups is 3. The summed E-state index contributed by atoms with van der Waals surface area (Å²) in [4.78, 5) is 62.1. The number of unbranched alkanes of at least 4 members (excludes halogenated alkanes) is 1. The molecular weight excluding hydrogens is 518 g/mol. The van der Waals surface area contributed by atoms with Crippen molar-refractivity contribution in [1.82, 2.24) is 14.3 Å². The Morgan fingerprint density at radius 3 is 2.40 bits per heavy atom. The minimum Gasteiger partial charge on any atom is -0.486 e. The summed E-state index contributed by atoms with van der Waals surface area (Å²) in [6.07, 6.45) is 5.82. The Balaban J connectivity index is 1.81. The van der Waals surface area contributed by atoms with E-state index in [-0.39, 0.29) is 49.2 Å². The van der Waals surface area contributed by atoms with Crippen molar-refractivity contribution in [3.63, 3.8) is 0 Å². The number of piperazine rings is 1. The number of aromatic nitrogens is 2. The number of esters is 1. The normalized spacial score (nSPS) is 16.3. The first-order chi connectivity index (χ1) is 19.0. The second-order valence-corrected chi connectivity index (χ2v) is 11.1. The minimum absolute atomic E-state index is 0.132. The molecule has 2 aliphatic heterocycles. The van der Waals surface area contributed by atoms with Crippen LogP contribution in [0.4, 0.5) is 16.2 Å². The SMILES string of the molecule is CCCCOc1c(C(=O)OC)nc2c(N3CCN(C(=O)OC(C)(C)C)CC3=O)cc(N3CCCCC3)cn2c1=O. The van der Waals surface area contributed by atoms with E-state index in [0.29, 0.717) is 12.1 Å². The molecule has 0 spiro atoms. The molecule has 0 atom stereocenters. The summed E-state index contributed by atoms with van der Waals surface area (Å²) < 4.78 is 17.5. The molecule has 0 radical (unpaired) electrons. The Morgan fingerprint density at radius 1 is 1.05 bits per heavy atom. The standard InChI is InChI=1S/C28H39N5O7/c1-6-7-15-39-23-22(26(36)38-5)29-24-20(16-19(17-33(24)25(23)35)30-11-9-8-10-12-30)32-14-13-31(18-21(32)34)27(37)40-28(2,3)4/h16-17H,6-15,18H2,1-5H3. The molecule has 0 saturated carbocycles. The van der Waals surface area contributed by atoms with Gasteiger partial charge < -0.3 is 24.0 Å². The number of hydrogen-bond acceptors (Lipinski definition) is 9. The van der Waals surface area contributed by atoms with Gasteiger partial charge in [-0.2, -0.15) is 0 Å². The highest BCUT2D eigenvalue weighted by molar-refractivity contribution is 6.01. The van der Waals surface area contributed by atoms with Gasteiger partial charge in [0.15, 0.2) is 11.3 Å². The van der Waals surface area contributed by atoms with E-state index in [2.05, 4.69) is 9.88 Å². The maximum atomic E-state index is 13.8.